The SMILES string of the molecule is CC(NC(=O)Nc1cccc(Cl)c1Cl)Oc1ccc(O)cc1. The van der Waals surface area contributed by atoms with Crippen LogP contribution in [0.3, 0.4) is 0 Å². The second-order valence-electron chi connectivity index (χ2n) is 4.45. The minimum atomic E-state index is -0.581. The molecule has 2 aromatic carbocycles. The van der Waals surface area contributed by atoms with Gasteiger partial charge in [0.05, 0.1) is 15.7 Å². The lowest BCUT2D eigenvalue weighted by Crippen LogP contribution is -2.39. The van der Waals surface area contributed by atoms with Gasteiger partial charge in [-0.25, -0.2) is 4.79 Å². The van der Waals surface area contributed by atoms with Crippen molar-refractivity contribution >= 4 is 34.9 Å². The van der Waals surface area contributed by atoms with Crippen molar-refractivity contribution in [1.29, 1.82) is 0 Å². The Balaban J connectivity index is 1.91. The maximum Gasteiger partial charge on any atom is 0.322 e. The second kappa shape index (κ2) is 7.24. The molecule has 2 aromatic rings. The van der Waals surface area contributed by atoms with Gasteiger partial charge in [0.2, 0.25) is 0 Å². The molecule has 7 heteroatoms. The van der Waals surface area contributed by atoms with Gasteiger partial charge in [0.1, 0.15) is 11.5 Å². The van der Waals surface area contributed by atoms with E-state index in [0.717, 1.165) is 0 Å². The summed E-state index contributed by atoms with van der Waals surface area (Å²) in [5.74, 6) is 0.660. The molecule has 0 spiro atoms. The minimum Gasteiger partial charge on any atom is -0.508 e. The monoisotopic (exact) mass is 340 g/mol. The van der Waals surface area contributed by atoms with Gasteiger partial charge in [-0.3, -0.25) is 0 Å². The number of phenolic OH excluding ortho intramolecular Hbond substituents is 1. The molecule has 3 N–H and O–H groups in total. The summed E-state index contributed by atoms with van der Waals surface area (Å²) < 4.78 is 5.49. The molecule has 0 aliphatic heterocycles. The van der Waals surface area contributed by atoms with Crippen LogP contribution in [0.2, 0.25) is 10.0 Å². The Morgan fingerprint density at radius 1 is 1.18 bits per heavy atom. The van der Waals surface area contributed by atoms with Gasteiger partial charge in [0, 0.05) is 0 Å². The Hall–Kier alpha value is -2.11. The molecule has 0 saturated carbocycles. The molecule has 0 bridgehead atoms. The van der Waals surface area contributed by atoms with Crippen LogP contribution in [0.5, 0.6) is 11.5 Å². The molecule has 2 rings (SSSR count). The molecule has 0 radical (unpaired) electrons. The van der Waals surface area contributed by atoms with Gasteiger partial charge < -0.3 is 20.5 Å². The van der Waals surface area contributed by atoms with Gasteiger partial charge in [-0.05, 0) is 43.3 Å². The number of ether oxygens (including phenoxy) is 1. The highest BCUT2D eigenvalue weighted by molar-refractivity contribution is 6.43. The predicted molar refractivity (Wildman–Crippen MR) is 86.8 cm³/mol. The van der Waals surface area contributed by atoms with Crippen LogP contribution in [-0.4, -0.2) is 17.4 Å². The number of halogens is 2. The lowest BCUT2D eigenvalue weighted by molar-refractivity contribution is 0.183. The second-order valence-corrected chi connectivity index (χ2v) is 5.24. The predicted octanol–water partition coefficient (Wildman–Crippen LogP) is 4.25. The topological polar surface area (TPSA) is 70.6 Å². The summed E-state index contributed by atoms with van der Waals surface area (Å²) in [5.41, 5.74) is 0.406. The lowest BCUT2D eigenvalue weighted by Gasteiger charge is -2.17. The summed E-state index contributed by atoms with van der Waals surface area (Å²) in [6.07, 6.45) is -0.581. The first-order valence-corrected chi connectivity index (χ1v) is 7.18. The number of hydrogen-bond donors (Lipinski definition) is 3. The van der Waals surface area contributed by atoms with Crippen LogP contribution >= 0.6 is 23.2 Å². The van der Waals surface area contributed by atoms with Gasteiger partial charge in [-0.1, -0.05) is 29.3 Å². The molecule has 0 saturated heterocycles. The van der Waals surface area contributed by atoms with E-state index in [9.17, 15) is 9.90 Å². The van der Waals surface area contributed by atoms with Gasteiger partial charge in [0.15, 0.2) is 6.23 Å². The van der Waals surface area contributed by atoms with Crippen molar-refractivity contribution in [3.05, 3.63) is 52.5 Å². The number of benzene rings is 2. The van der Waals surface area contributed by atoms with E-state index in [1.807, 2.05) is 0 Å². The Labute approximate surface area is 137 Å². The molecular formula is C15H14Cl2N2O3. The standard InChI is InChI=1S/C15H14Cl2N2O3/c1-9(22-11-7-5-10(20)6-8-11)18-15(21)19-13-4-2-3-12(16)14(13)17/h2-9,20H,1H3,(H2,18,19,21). The maximum atomic E-state index is 11.9. The summed E-state index contributed by atoms with van der Waals surface area (Å²) in [6.45, 7) is 1.67. The van der Waals surface area contributed by atoms with Crippen LogP contribution in [0.25, 0.3) is 0 Å². The first kappa shape index (κ1) is 16.3. The fraction of sp³-hybridized carbons (Fsp3) is 0.133. The van der Waals surface area contributed by atoms with E-state index in [2.05, 4.69) is 10.6 Å². The molecule has 2 amide bonds. The van der Waals surface area contributed by atoms with Gasteiger partial charge >= 0.3 is 6.03 Å². The van der Waals surface area contributed by atoms with Crippen molar-refractivity contribution < 1.29 is 14.6 Å². The number of nitrogens with one attached hydrogen (secondary N) is 2. The molecular weight excluding hydrogens is 327 g/mol. The smallest absolute Gasteiger partial charge is 0.322 e. The first-order valence-electron chi connectivity index (χ1n) is 6.43. The summed E-state index contributed by atoms with van der Waals surface area (Å²) in [6, 6.07) is 10.7. The fourth-order valence-corrected chi connectivity index (χ4v) is 2.05. The number of amides is 2. The molecule has 0 aromatic heterocycles. The van der Waals surface area contributed by atoms with E-state index in [0.29, 0.717) is 16.5 Å². The number of carbonyl (C=O) groups is 1. The number of aromatic hydroxyl groups is 1. The van der Waals surface area contributed by atoms with Crippen LogP contribution in [0.1, 0.15) is 6.92 Å². The molecule has 116 valence electrons. The molecule has 0 aliphatic rings. The van der Waals surface area contributed by atoms with Gasteiger partial charge in [-0.15, -0.1) is 0 Å². The summed E-state index contributed by atoms with van der Waals surface area (Å²) in [5, 5.41) is 15.0. The van der Waals surface area contributed by atoms with E-state index in [4.69, 9.17) is 27.9 Å². The number of phenols is 1. The number of urea groups is 1. The molecule has 1 unspecified atom stereocenters. The molecule has 0 aliphatic carbocycles. The van der Waals surface area contributed by atoms with Crippen LogP contribution in [0, 0.1) is 0 Å². The molecule has 22 heavy (non-hydrogen) atoms. The average Bonchev–Trinajstić information content (AvgIpc) is 2.46. The van der Waals surface area contributed by atoms with Gasteiger partial charge in [0.25, 0.3) is 0 Å². The van der Waals surface area contributed by atoms with E-state index < -0.39 is 12.3 Å². The van der Waals surface area contributed by atoms with Crippen LogP contribution < -0.4 is 15.4 Å². The van der Waals surface area contributed by atoms with Crippen molar-refractivity contribution in [3.8, 4) is 11.5 Å². The normalized spacial score (nSPS) is 11.6. The molecule has 0 fully saturated rings. The Kier molecular flexibility index (Phi) is 5.35. The quantitative estimate of drug-likeness (QED) is 0.728. The Morgan fingerprint density at radius 3 is 2.55 bits per heavy atom. The van der Waals surface area contributed by atoms with E-state index in [1.54, 1.807) is 37.3 Å². The van der Waals surface area contributed by atoms with Crippen molar-refractivity contribution in [2.45, 2.75) is 13.2 Å². The van der Waals surface area contributed by atoms with E-state index >= 15 is 0 Å². The number of rotatable bonds is 4. The number of anilines is 1. The molecule has 5 nitrogen and oxygen atoms in total. The largest absolute Gasteiger partial charge is 0.508 e. The third kappa shape index (κ3) is 4.44. The highest BCUT2D eigenvalue weighted by Crippen LogP contribution is 2.29. The third-order valence-electron chi connectivity index (χ3n) is 2.68. The van der Waals surface area contributed by atoms with Crippen LogP contribution in [-0.2, 0) is 0 Å². The van der Waals surface area contributed by atoms with Crippen molar-refractivity contribution in [2.75, 3.05) is 5.32 Å². The maximum absolute atomic E-state index is 11.9. The summed E-state index contributed by atoms with van der Waals surface area (Å²) >= 11 is 11.9. The lowest BCUT2D eigenvalue weighted by atomic mass is 10.3. The van der Waals surface area contributed by atoms with Crippen molar-refractivity contribution in [1.82, 2.24) is 5.32 Å². The zero-order valence-corrected chi connectivity index (χ0v) is 13.2. The van der Waals surface area contributed by atoms with Crippen molar-refractivity contribution in [2.24, 2.45) is 0 Å². The highest BCUT2D eigenvalue weighted by Gasteiger charge is 2.11. The summed E-state index contributed by atoms with van der Waals surface area (Å²) in [7, 11) is 0. The zero-order valence-electron chi connectivity index (χ0n) is 11.6. The fourth-order valence-electron chi connectivity index (χ4n) is 1.70. The van der Waals surface area contributed by atoms with Gasteiger partial charge in [-0.2, -0.15) is 0 Å². The average molecular weight is 341 g/mol. The third-order valence-corrected chi connectivity index (χ3v) is 3.50. The summed E-state index contributed by atoms with van der Waals surface area (Å²) in [4.78, 5) is 11.9. The van der Waals surface area contributed by atoms with E-state index in [1.165, 1.54) is 12.1 Å². The van der Waals surface area contributed by atoms with E-state index in [-0.39, 0.29) is 10.8 Å². The highest BCUT2D eigenvalue weighted by atomic mass is 35.5. The number of hydrogen-bond acceptors (Lipinski definition) is 3. The zero-order chi connectivity index (χ0) is 16.1. The Morgan fingerprint density at radius 2 is 1.86 bits per heavy atom. The Bertz CT molecular complexity index is 662. The first-order chi connectivity index (χ1) is 10.5. The number of carbonyl (C=O) groups excluding carboxylic acids is 1. The van der Waals surface area contributed by atoms with Crippen LogP contribution in [0.15, 0.2) is 42.5 Å². The minimum absolute atomic E-state index is 0.140. The molecule has 0 heterocycles. The molecule has 1 atom stereocenters. The van der Waals surface area contributed by atoms with Crippen LogP contribution in [0.4, 0.5) is 10.5 Å². The van der Waals surface area contributed by atoms with Crippen molar-refractivity contribution in [3.63, 3.8) is 0 Å².